The maximum absolute atomic E-state index is 12.1. The molecule has 0 aromatic rings. The van der Waals surface area contributed by atoms with Crippen LogP contribution in [0.2, 0.25) is 0 Å². The molecule has 0 bridgehead atoms. The van der Waals surface area contributed by atoms with E-state index in [1.165, 1.54) is 19.4 Å². The molecule has 2 fully saturated rings. The third-order valence-electron chi connectivity index (χ3n) is 4.17. The van der Waals surface area contributed by atoms with Gasteiger partial charge in [0.15, 0.2) is 0 Å². The summed E-state index contributed by atoms with van der Waals surface area (Å²) in [6.45, 7) is 4.49. The smallest absolute Gasteiger partial charge is 0.215 e. The molecule has 2 aliphatic rings. The van der Waals surface area contributed by atoms with Gasteiger partial charge in [0.05, 0.1) is 5.25 Å². The van der Waals surface area contributed by atoms with E-state index in [1.807, 2.05) is 0 Å². The molecule has 0 aromatic carbocycles. The summed E-state index contributed by atoms with van der Waals surface area (Å²) in [7, 11) is -1.40. The summed E-state index contributed by atoms with van der Waals surface area (Å²) in [5.74, 6) is 0. The minimum Gasteiger partial charge on any atom is -0.318 e. The summed E-state index contributed by atoms with van der Waals surface area (Å²) >= 11 is 0. The summed E-state index contributed by atoms with van der Waals surface area (Å²) in [5, 5.41) is 2.55. The second-order valence-corrected chi connectivity index (χ2v) is 7.71. The van der Waals surface area contributed by atoms with Crippen LogP contribution in [0.3, 0.4) is 0 Å². The number of piperidine rings is 1. The van der Waals surface area contributed by atoms with Gasteiger partial charge in [0.25, 0.3) is 0 Å². The number of nitrogens with zero attached hydrogens (tertiary/aromatic N) is 1. The molecule has 0 radical (unpaired) electrons. The SMILES string of the molecule is CNCC(C)S(=O)(=O)NC1CCN2CCCC2C1. The maximum atomic E-state index is 12.1. The number of hydrogen-bond donors (Lipinski definition) is 2. The molecule has 0 amide bonds. The first-order valence-electron chi connectivity index (χ1n) is 6.92. The van der Waals surface area contributed by atoms with E-state index in [1.54, 1.807) is 14.0 Å². The van der Waals surface area contributed by atoms with Gasteiger partial charge < -0.3 is 10.2 Å². The van der Waals surface area contributed by atoms with Gasteiger partial charge in [0.1, 0.15) is 0 Å². The number of fused-ring (bicyclic) bond motifs is 1. The molecule has 5 nitrogen and oxygen atoms in total. The van der Waals surface area contributed by atoms with Crippen molar-refractivity contribution in [2.45, 2.75) is 49.9 Å². The van der Waals surface area contributed by atoms with Crippen LogP contribution in [0, 0.1) is 0 Å². The molecule has 0 saturated carbocycles. The van der Waals surface area contributed by atoms with E-state index in [4.69, 9.17) is 0 Å². The van der Waals surface area contributed by atoms with Crippen molar-refractivity contribution in [3.05, 3.63) is 0 Å². The molecule has 0 aromatic heterocycles. The van der Waals surface area contributed by atoms with E-state index < -0.39 is 10.0 Å². The van der Waals surface area contributed by atoms with E-state index >= 15 is 0 Å². The Morgan fingerprint density at radius 3 is 2.83 bits per heavy atom. The molecular weight excluding hydrogens is 250 g/mol. The standard InChI is InChI=1S/C12H25N3O2S/c1-10(9-13-2)18(16,17)14-11-5-7-15-6-3-4-12(15)8-11/h10-14H,3-9H2,1-2H3. The van der Waals surface area contributed by atoms with Crippen molar-refractivity contribution in [1.82, 2.24) is 14.9 Å². The van der Waals surface area contributed by atoms with Crippen LogP contribution in [0.15, 0.2) is 0 Å². The largest absolute Gasteiger partial charge is 0.318 e. The van der Waals surface area contributed by atoms with Gasteiger partial charge in [-0.15, -0.1) is 0 Å². The van der Waals surface area contributed by atoms with E-state index in [-0.39, 0.29) is 11.3 Å². The Morgan fingerprint density at radius 1 is 1.33 bits per heavy atom. The van der Waals surface area contributed by atoms with Crippen molar-refractivity contribution in [2.75, 3.05) is 26.7 Å². The highest BCUT2D eigenvalue weighted by Gasteiger charge is 2.34. The van der Waals surface area contributed by atoms with Gasteiger partial charge in [-0.3, -0.25) is 0 Å². The average Bonchev–Trinajstić information content (AvgIpc) is 2.76. The minimum absolute atomic E-state index is 0.133. The first-order chi connectivity index (χ1) is 8.53. The lowest BCUT2D eigenvalue weighted by Crippen LogP contribution is -2.50. The molecule has 0 spiro atoms. The average molecular weight is 275 g/mol. The van der Waals surface area contributed by atoms with Crippen molar-refractivity contribution < 1.29 is 8.42 Å². The monoisotopic (exact) mass is 275 g/mol. The Kier molecular flexibility index (Phi) is 4.64. The fraction of sp³-hybridized carbons (Fsp3) is 1.00. The molecule has 3 unspecified atom stereocenters. The number of rotatable bonds is 5. The molecule has 2 saturated heterocycles. The highest BCUT2D eigenvalue weighted by Crippen LogP contribution is 2.27. The molecular formula is C12H25N3O2S. The van der Waals surface area contributed by atoms with Crippen LogP contribution >= 0.6 is 0 Å². The number of sulfonamides is 1. The molecule has 2 aliphatic heterocycles. The second-order valence-electron chi connectivity index (χ2n) is 5.58. The molecule has 2 N–H and O–H groups in total. The third-order valence-corrected chi connectivity index (χ3v) is 6.06. The minimum atomic E-state index is -3.18. The zero-order valence-corrected chi connectivity index (χ0v) is 12.2. The van der Waals surface area contributed by atoms with Crippen LogP contribution in [0.25, 0.3) is 0 Å². The van der Waals surface area contributed by atoms with Crippen molar-refractivity contribution in [3.63, 3.8) is 0 Å². The van der Waals surface area contributed by atoms with Gasteiger partial charge in [-0.05, 0) is 52.7 Å². The van der Waals surface area contributed by atoms with Crippen LogP contribution < -0.4 is 10.0 Å². The van der Waals surface area contributed by atoms with Gasteiger partial charge >= 0.3 is 0 Å². The third kappa shape index (κ3) is 3.23. The van der Waals surface area contributed by atoms with Gasteiger partial charge in [0, 0.05) is 18.6 Å². The lowest BCUT2D eigenvalue weighted by Gasteiger charge is -2.35. The summed E-state index contributed by atoms with van der Waals surface area (Å²) in [6.07, 6.45) is 4.41. The zero-order chi connectivity index (χ0) is 13.2. The molecule has 0 aliphatic carbocycles. The van der Waals surface area contributed by atoms with Gasteiger partial charge in [-0.25, -0.2) is 13.1 Å². The fourth-order valence-corrected chi connectivity index (χ4v) is 4.37. The highest BCUT2D eigenvalue weighted by molar-refractivity contribution is 7.90. The number of hydrogen-bond acceptors (Lipinski definition) is 4. The maximum Gasteiger partial charge on any atom is 0.215 e. The summed E-state index contributed by atoms with van der Waals surface area (Å²) < 4.78 is 27.1. The van der Waals surface area contributed by atoms with Crippen LogP contribution in [0.1, 0.15) is 32.6 Å². The van der Waals surface area contributed by atoms with E-state index in [2.05, 4.69) is 14.9 Å². The molecule has 6 heteroatoms. The predicted octanol–water partition coefficient (Wildman–Crippen LogP) is 0.141. The highest BCUT2D eigenvalue weighted by atomic mass is 32.2. The first-order valence-corrected chi connectivity index (χ1v) is 8.47. The fourth-order valence-electron chi connectivity index (χ4n) is 3.08. The van der Waals surface area contributed by atoms with Crippen molar-refractivity contribution >= 4 is 10.0 Å². The topological polar surface area (TPSA) is 61.4 Å². The molecule has 106 valence electrons. The van der Waals surface area contributed by atoms with Crippen LogP contribution in [-0.4, -0.2) is 57.3 Å². The van der Waals surface area contributed by atoms with Crippen molar-refractivity contribution in [1.29, 1.82) is 0 Å². The van der Waals surface area contributed by atoms with Crippen molar-refractivity contribution in [2.24, 2.45) is 0 Å². The summed E-state index contributed by atoms with van der Waals surface area (Å²) in [6, 6.07) is 0.736. The summed E-state index contributed by atoms with van der Waals surface area (Å²) in [4.78, 5) is 2.50. The quantitative estimate of drug-likeness (QED) is 0.749. The lowest BCUT2D eigenvalue weighted by molar-refractivity contribution is 0.176. The molecule has 3 atom stereocenters. The van der Waals surface area contributed by atoms with Crippen LogP contribution in [0.4, 0.5) is 0 Å². The second kappa shape index (κ2) is 5.86. The molecule has 2 rings (SSSR count). The van der Waals surface area contributed by atoms with E-state index in [0.717, 1.165) is 19.4 Å². The van der Waals surface area contributed by atoms with Gasteiger partial charge in [0.2, 0.25) is 10.0 Å². The van der Waals surface area contributed by atoms with Crippen LogP contribution in [0.5, 0.6) is 0 Å². The van der Waals surface area contributed by atoms with Gasteiger partial charge in [-0.1, -0.05) is 0 Å². The Labute approximate surface area is 110 Å². The Bertz CT molecular complexity index is 372. The van der Waals surface area contributed by atoms with E-state index in [0.29, 0.717) is 12.6 Å². The zero-order valence-electron chi connectivity index (χ0n) is 11.4. The molecule has 18 heavy (non-hydrogen) atoms. The van der Waals surface area contributed by atoms with Crippen LogP contribution in [-0.2, 0) is 10.0 Å². The lowest BCUT2D eigenvalue weighted by atomic mass is 9.99. The normalized spacial score (nSPS) is 31.2. The number of nitrogens with one attached hydrogen (secondary N) is 2. The van der Waals surface area contributed by atoms with Gasteiger partial charge in [-0.2, -0.15) is 0 Å². The molecule has 2 heterocycles. The first kappa shape index (κ1) is 14.2. The van der Waals surface area contributed by atoms with Crippen molar-refractivity contribution in [3.8, 4) is 0 Å². The Hall–Kier alpha value is -0.170. The Balaban J connectivity index is 1.89. The Morgan fingerprint density at radius 2 is 2.11 bits per heavy atom. The summed E-state index contributed by atoms with van der Waals surface area (Å²) in [5.41, 5.74) is 0. The van der Waals surface area contributed by atoms with E-state index in [9.17, 15) is 8.42 Å². The predicted molar refractivity (Wildman–Crippen MR) is 73.1 cm³/mol.